The van der Waals surface area contributed by atoms with Gasteiger partial charge in [0.05, 0.1) is 0 Å². The van der Waals surface area contributed by atoms with Crippen LogP contribution in [-0.4, -0.2) is 11.7 Å². The van der Waals surface area contributed by atoms with Crippen molar-refractivity contribution in [3.8, 4) is 5.75 Å². The second-order valence-electron chi connectivity index (χ2n) is 3.00. The molecule has 1 saturated heterocycles. The van der Waals surface area contributed by atoms with Gasteiger partial charge in [0.15, 0.2) is 0 Å². The van der Waals surface area contributed by atoms with Gasteiger partial charge < -0.3 is 10.4 Å². The highest BCUT2D eigenvalue weighted by Crippen LogP contribution is 2.26. The van der Waals surface area contributed by atoms with Crippen LogP contribution in [0.5, 0.6) is 5.75 Å². The molecule has 1 aliphatic heterocycles. The zero-order valence-corrected chi connectivity index (χ0v) is 6.46. The molecule has 58 valence electrons. The van der Waals surface area contributed by atoms with E-state index in [0.717, 1.165) is 6.54 Å². The number of aryl methyl sites for hydroxylation is 1. The summed E-state index contributed by atoms with van der Waals surface area (Å²) in [6, 6.07) is 6.06. The molecule has 0 aromatic heterocycles. The molecule has 2 rings (SSSR count). The minimum absolute atomic E-state index is 0.354. The number of phenols is 1. The second-order valence-corrected chi connectivity index (χ2v) is 3.00. The molecule has 1 fully saturated rings. The van der Waals surface area contributed by atoms with E-state index in [1.54, 1.807) is 12.1 Å². The van der Waals surface area contributed by atoms with Gasteiger partial charge in [-0.2, -0.15) is 0 Å². The zero-order valence-electron chi connectivity index (χ0n) is 6.46. The van der Waals surface area contributed by atoms with Gasteiger partial charge in [-0.15, -0.1) is 0 Å². The Morgan fingerprint density at radius 3 is 2.82 bits per heavy atom. The molecule has 1 aliphatic rings. The first-order chi connectivity index (χ1) is 5.27. The highest BCUT2D eigenvalue weighted by atomic mass is 16.3. The first-order valence-electron chi connectivity index (χ1n) is 3.80. The lowest BCUT2D eigenvalue weighted by Gasteiger charge is -2.02. The number of hydrogen-bond acceptors (Lipinski definition) is 2. The Labute approximate surface area is 65.9 Å². The fraction of sp³-hybridized carbons (Fsp3) is 0.333. The standard InChI is InChI=1S/C9H11NO/c1-6-4-7(11)2-3-8(6)9-5-10-9/h2-4,9-11H,5H2,1H3/t9-/m1/s1. The normalized spacial score (nSPS) is 21.7. The molecule has 0 spiro atoms. The maximum absolute atomic E-state index is 9.12. The Hall–Kier alpha value is -1.02. The summed E-state index contributed by atoms with van der Waals surface area (Å²) >= 11 is 0. The molecule has 1 aromatic rings. The van der Waals surface area contributed by atoms with Gasteiger partial charge in [-0.05, 0) is 30.2 Å². The summed E-state index contributed by atoms with van der Waals surface area (Å²) in [5, 5.41) is 12.3. The lowest BCUT2D eigenvalue weighted by atomic mass is 10.1. The van der Waals surface area contributed by atoms with Gasteiger partial charge in [0.25, 0.3) is 0 Å². The largest absolute Gasteiger partial charge is 0.508 e. The monoisotopic (exact) mass is 149 g/mol. The molecule has 0 bridgehead atoms. The third-order valence-corrected chi connectivity index (χ3v) is 2.04. The summed E-state index contributed by atoms with van der Waals surface area (Å²) in [5.41, 5.74) is 2.47. The molecule has 11 heavy (non-hydrogen) atoms. The molecule has 2 nitrogen and oxygen atoms in total. The predicted octanol–water partition coefficient (Wildman–Crippen LogP) is 1.34. The Balaban J connectivity index is 2.39. The molecule has 2 heteroatoms. The van der Waals surface area contributed by atoms with E-state index in [4.69, 9.17) is 5.11 Å². The van der Waals surface area contributed by atoms with E-state index in [-0.39, 0.29) is 0 Å². The predicted molar refractivity (Wildman–Crippen MR) is 43.6 cm³/mol. The molecule has 1 atom stereocenters. The summed E-state index contributed by atoms with van der Waals surface area (Å²) in [6.45, 7) is 3.10. The van der Waals surface area contributed by atoms with Crippen molar-refractivity contribution in [2.24, 2.45) is 0 Å². The van der Waals surface area contributed by atoms with Crippen LogP contribution < -0.4 is 5.32 Å². The van der Waals surface area contributed by atoms with Crippen molar-refractivity contribution in [1.29, 1.82) is 0 Å². The molecule has 1 heterocycles. The number of rotatable bonds is 1. The summed E-state index contributed by atoms with van der Waals surface area (Å²) < 4.78 is 0. The first kappa shape index (κ1) is 6.68. The molecule has 0 radical (unpaired) electrons. The number of phenolic OH excluding ortho intramolecular Hbond substituents is 1. The van der Waals surface area contributed by atoms with E-state index in [1.807, 2.05) is 13.0 Å². The van der Waals surface area contributed by atoms with E-state index < -0.39 is 0 Å². The minimum Gasteiger partial charge on any atom is -0.508 e. The van der Waals surface area contributed by atoms with Crippen LogP contribution in [0.2, 0.25) is 0 Å². The van der Waals surface area contributed by atoms with Gasteiger partial charge in [0.2, 0.25) is 0 Å². The molecular weight excluding hydrogens is 138 g/mol. The van der Waals surface area contributed by atoms with Gasteiger partial charge >= 0.3 is 0 Å². The Bertz CT molecular complexity index is 279. The average Bonchev–Trinajstić information content (AvgIpc) is 2.70. The van der Waals surface area contributed by atoms with Crippen LogP contribution in [0.4, 0.5) is 0 Å². The summed E-state index contributed by atoms with van der Waals surface area (Å²) in [6.07, 6.45) is 0. The number of benzene rings is 1. The van der Waals surface area contributed by atoms with Crippen molar-refractivity contribution >= 4 is 0 Å². The second kappa shape index (κ2) is 2.24. The maximum Gasteiger partial charge on any atom is 0.115 e. The van der Waals surface area contributed by atoms with Gasteiger partial charge in [-0.3, -0.25) is 0 Å². The minimum atomic E-state index is 0.354. The van der Waals surface area contributed by atoms with Crippen LogP contribution in [0.1, 0.15) is 17.2 Å². The number of aromatic hydroxyl groups is 1. The number of nitrogens with one attached hydrogen (secondary N) is 1. The average molecular weight is 149 g/mol. The van der Waals surface area contributed by atoms with Crippen LogP contribution in [0.15, 0.2) is 18.2 Å². The molecule has 1 aromatic carbocycles. The number of hydrogen-bond donors (Lipinski definition) is 2. The summed E-state index contributed by atoms with van der Waals surface area (Å²) in [7, 11) is 0. The van der Waals surface area contributed by atoms with Crippen LogP contribution >= 0.6 is 0 Å². The lowest BCUT2D eigenvalue weighted by Crippen LogP contribution is -1.87. The molecule has 0 amide bonds. The van der Waals surface area contributed by atoms with Crippen molar-refractivity contribution in [2.75, 3.05) is 6.54 Å². The highest BCUT2D eigenvalue weighted by Gasteiger charge is 2.23. The van der Waals surface area contributed by atoms with Crippen LogP contribution in [-0.2, 0) is 0 Å². The zero-order chi connectivity index (χ0) is 7.84. The van der Waals surface area contributed by atoms with Crippen molar-refractivity contribution in [3.05, 3.63) is 29.3 Å². The summed E-state index contributed by atoms with van der Waals surface area (Å²) in [5.74, 6) is 0.354. The Morgan fingerprint density at radius 2 is 2.27 bits per heavy atom. The van der Waals surface area contributed by atoms with Gasteiger partial charge in [0.1, 0.15) is 5.75 Å². The van der Waals surface area contributed by atoms with Crippen LogP contribution in [0.3, 0.4) is 0 Å². The van der Waals surface area contributed by atoms with Gasteiger partial charge in [0, 0.05) is 12.6 Å². The third kappa shape index (κ3) is 1.21. The lowest BCUT2D eigenvalue weighted by molar-refractivity contribution is 0.474. The van der Waals surface area contributed by atoms with E-state index >= 15 is 0 Å². The van der Waals surface area contributed by atoms with Gasteiger partial charge in [-0.1, -0.05) is 6.07 Å². The molecule has 2 N–H and O–H groups in total. The van der Waals surface area contributed by atoms with Crippen molar-refractivity contribution in [1.82, 2.24) is 5.32 Å². The van der Waals surface area contributed by atoms with Crippen LogP contribution in [0.25, 0.3) is 0 Å². The van der Waals surface area contributed by atoms with E-state index in [2.05, 4.69) is 5.32 Å². The van der Waals surface area contributed by atoms with Crippen molar-refractivity contribution in [3.63, 3.8) is 0 Å². The summed E-state index contributed by atoms with van der Waals surface area (Å²) in [4.78, 5) is 0. The maximum atomic E-state index is 9.12. The molecule has 0 unspecified atom stereocenters. The molecular formula is C9H11NO. The third-order valence-electron chi connectivity index (χ3n) is 2.04. The SMILES string of the molecule is Cc1cc(O)ccc1[C@H]1CN1. The Kier molecular flexibility index (Phi) is 1.36. The van der Waals surface area contributed by atoms with E-state index in [9.17, 15) is 0 Å². The Morgan fingerprint density at radius 1 is 1.55 bits per heavy atom. The topological polar surface area (TPSA) is 42.2 Å². The van der Waals surface area contributed by atoms with Gasteiger partial charge in [-0.25, -0.2) is 0 Å². The van der Waals surface area contributed by atoms with E-state index in [1.165, 1.54) is 11.1 Å². The fourth-order valence-corrected chi connectivity index (χ4v) is 1.33. The first-order valence-corrected chi connectivity index (χ1v) is 3.80. The van der Waals surface area contributed by atoms with Crippen molar-refractivity contribution in [2.45, 2.75) is 13.0 Å². The van der Waals surface area contributed by atoms with Crippen LogP contribution in [0, 0.1) is 6.92 Å². The molecule has 0 saturated carbocycles. The molecule has 0 aliphatic carbocycles. The van der Waals surface area contributed by atoms with E-state index in [0.29, 0.717) is 11.8 Å². The quantitative estimate of drug-likeness (QED) is 0.592. The highest BCUT2D eigenvalue weighted by molar-refractivity contribution is 5.37. The fourth-order valence-electron chi connectivity index (χ4n) is 1.33. The smallest absolute Gasteiger partial charge is 0.115 e. The van der Waals surface area contributed by atoms with Crippen molar-refractivity contribution < 1.29 is 5.11 Å².